The van der Waals surface area contributed by atoms with Gasteiger partial charge in [0.1, 0.15) is 0 Å². The van der Waals surface area contributed by atoms with E-state index in [0.717, 1.165) is 12.8 Å². The van der Waals surface area contributed by atoms with Crippen molar-refractivity contribution in [2.24, 2.45) is 5.92 Å². The normalized spacial score (nSPS) is 26.4. The minimum absolute atomic E-state index is 0.333. The van der Waals surface area contributed by atoms with Gasteiger partial charge in [0.05, 0.1) is 0 Å². The van der Waals surface area contributed by atoms with Crippen LogP contribution in [-0.4, -0.2) is 11.1 Å². The summed E-state index contributed by atoms with van der Waals surface area (Å²) in [4.78, 5) is 10.9. The van der Waals surface area contributed by atoms with Gasteiger partial charge >= 0.3 is 5.97 Å². The van der Waals surface area contributed by atoms with Crippen molar-refractivity contribution in [2.45, 2.75) is 44.4 Å². The molecule has 1 N–H and O–H groups in total. The molecular formula is C15H18O2. The molecule has 90 valence electrons. The first-order valence-electron chi connectivity index (χ1n) is 6.56. The number of aryl methyl sites for hydroxylation is 1. The first kappa shape index (κ1) is 10.8. The molecule has 0 spiro atoms. The molecule has 2 aliphatic rings. The van der Waals surface area contributed by atoms with Crippen molar-refractivity contribution in [1.82, 2.24) is 0 Å². The first-order valence-corrected chi connectivity index (χ1v) is 6.56. The van der Waals surface area contributed by atoms with Crippen LogP contribution in [0.3, 0.4) is 0 Å². The van der Waals surface area contributed by atoms with Gasteiger partial charge in [0.25, 0.3) is 0 Å². The maximum atomic E-state index is 10.9. The Morgan fingerprint density at radius 1 is 1.35 bits per heavy atom. The molecule has 0 bridgehead atoms. The molecule has 0 amide bonds. The van der Waals surface area contributed by atoms with E-state index in [0.29, 0.717) is 18.3 Å². The zero-order valence-electron chi connectivity index (χ0n) is 9.98. The van der Waals surface area contributed by atoms with E-state index in [4.69, 9.17) is 5.11 Å². The van der Waals surface area contributed by atoms with E-state index in [9.17, 15) is 4.79 Å². The lowest BCUT2D eigenvalue weighted by Crippen LogP contribution is -2.24. The van der Waals surface area contributed by atoms with E-state index in [-0.39, 0.29) is 0 Å². The number of hydrogen-bond donors (Lipinski definition) is 1. The molecule has 17 heavy (non-hydrogen) atoms. The SMILES string of the molecule is O=C(O)C[C@@H]1Cc2cccc3c2[C@@H](CCC3)C1. The summed E-state index contributed by atoms with van der Waals surface area (Å²) in [6.07, 6.45) is 6.10. The molecule has 0 radical (unpaired) electrons. The van der Waals surface area contributed by atoms with Crippen LogP contribution in [0.1, 0.15) is 48.3 Å². The third kappa shape index (κ3) is 1.97. The fraction of sp³-hybridized carbons (Fsp3) is 0.533. The van der Waals surface area contributed by atoms with Crippen molar-refractivity contribution in [1.29, 1.82) is 0 Å². The van der Waals surface area contributed by atoms with Crippen LogP contribution in [0.2, 0.25) is 0 Å². The van der Waals surface area contributed by atoms with Crippen molar-refractivity contribution < 1.29 is 9.90 Å². The summed E-state index contributed by atoms with van der Waals surface area (Å²) in [5.41, 5.74) is 4.51. The number of hydrogen-bond acceptors (Lipinski definition) is 1. The van der Waals surface area contributed by atoms with E-state index in [1.54, 1.807) is 5.56 Å². The quantitative estimate of drug-likeness (QED) is 0.847. The highest BCUT2D eigenvalue weighted by Crippen LogP contribution is 2.43. The topological polar surface area (TPSA) is 37.3 Å². The molecular weight excluding hydrogens is 212 g/mol. The second kappa shape index (κ2) is 4.17. The Morgan fingerprint density at radius 3 is 3.00 bits per heavy atom. The van der Waals surface area contributed by atoms with Crippen LogP contribution in [0.4, 0.5) is 0 Å². The smallest absolute Gasteiger partial charge is 0.303 e. The molecule has 3 rings (SSSR count). The van der Waals surface area contributed by atoms with E-state index < -0.39 is 5.97 Å². The Bertz CT molecular complexity index is 450. The lowest BCUT2D eigenvalue weighted by Gasteiger charge is -2.35. The summed E-state index contributed by atoms with van der Waals surface area (Å²) in [7, 11) is 0. The summed E-state index contributed by atoms with van der Waals surface area (Å²) in [5.74, 6) is 0.330. The molecule has 0 saturated heterocycles. The first-order chi connectivity index (χ1) is 8.24. The Morgan fingerprint density at radius 2 is 2.18 bits per heavy atom. The summed E-state index contributed by atoms with van der Waals surface area (Å²) in [5, 5.41) is 8.94. The van der Waals surface area contributed by atoms with Crippen molar-refractivity contribution in [2.75, 3.05) is 0 Å². The predicted octanol–water partition coefficient (Wildman–Crippen LogP) is 3.14. The molecule has 1 aromatic rings. The highest BCUT2D eigenvalue weighted by Gasteiger charge is 2.31. The highest BCUT2D eigenvalue weighted by molar-refractivity contribution is 5.67. The van der Waals surface area contributed by atoms with Crippen LogP contribution in [-0.2, 0) is 17.6 Å². The second-order valence-electron chi connectivity index (χ2n) is 5.48. The second-order valence-corrected chi connectivity index (χ2v) is 5.48. The molecule has 0 saturated carbocycles. The Balaban J connectivity index is 1.93. The van der Waals surface area contributed by atoms with Crippen molar-refractivity contribution >= 4 is 5.97 Å². The number of rotatable bonds is 2. The molecule has 1 aromatic carbocycles. The van der Waals surface area contributed by atoms with Crippen molar-refractivity contribution in [3.8, 4) is 0 Å². The van der Waals surface area contributed by atoms with Crippen LogP contribution in [0.15, 0.2) is 18.2 Å². The maximum Gasteiger partial charge on any atom is 0.303 e. The molecule has 0 fully saturated rings. The zero-order chi connectivity index (χ0) is 11.8. The number of carboxylic acids is 1. The molecule has 0 aromatic heterocycles. The molecule has 0 heterocycles. The molecule has 0 unspecified atom stereocenters. The monoisotopic (exact) mass is 230 g/mol. The zero-order valence-corrected chi connectivity index (χ0v) is 9.98. The average Bonchev–Trinajstić information content (AvgIpc) is 2.28. The van der Waals surface area contributed by atoms with Crippen molar-refractivity contribution in [3.63, 3.8) is 0 Å². The van der Waals surface area contributed by atoms with Crippen LogP contribution in [0.25, 0.3) is 0 Å². The van der Waals surface area contributed by atoms with Crippen LogP contribution >= 0.6 is 0 Å². The summed E-state index contributed by atoms with van der Waals surface area (Å²) in [6.45, 7) is 0. The molecule has 2 atom stereocenters. The van der Waals surface area contributed by atoms with E-state index >= 15 is 0 Å². The Labute approximate surface area is 102 Å². The summed E-state index contributed by atoms with van der Waals surface area (Å²) in [6, 6.07) is 6.59. The molecule has 2 aliphatic carbocycles. The third-order valence-corrected chi connectivity index (χ3v) is 4.28. The van der Waals surface area contributed by atoms with Gasteiger partial charge in [-0.2, -0.15) is 0 Å². The van der Waals surface area contributed by atoms with E-state index in [1.165, 1.54) is 30.4 Å². The largest absolute Gasteiger partial charge is 0.481 e. The van der Waals surface area contributed by atoms with Gasteiger partial charge in [-0.1, -0.05) is 18.2 Å². The highest BCUT2D eigenvalue weighted by atomic mass is 16.4. The van der Waals surface area contributed by atoms with Crippen LogP contribution < -0.4 is 0 Å². The minimum Gasteiger partial charge on any atom is -0.481 e. The van der Waals surface area contributed by atoms with Gasteiger partial charge in [-0.15, -0.1) is 0 Å². The molecule has 2 nitrogen and oxygen atoms in total. The maximum absolute atomic E-state index is 10.9. The van der Waals surface area contributed by atoms with Gasteiger partial charge < -0.3 is 5.11 Å². The van der Waals surface area contributed by atoms with E-state index in [1.807, 2.05) is 0 Å². The van der Waals surface area contributed by atoms with Crippen LogP contribution in [0.5, 0.6) is 0 Å². The predicted molar refractivity (Wildman–Crippen MR) is 66.2 cm³/mol. The minimum atomic E-state index is -0.648. The van der Waals surface area contributed by atoms with Gasteiger partial charge in [-0.3, -0.25) is 4.79 Å². The fourth-order valence-corrected chi connectivity index (χ4v) is 3.70. The number of carboxylic acid groups (broad SMARTS) is 1. The number of benzene rings is 1. The van der Waals surface area contributed by atoms with Gasteiger partial charge in [-0.25, -0.2) is 0 Å². The van der Waals surface area contributed by atoms with Crippen LogP contribution in [0, 0.1) is 5.92 Å². The third-order valence-electron chi connectivity index (χ3n) is 4.28. The molecule has 2 heteroatoms. The van der Waals surface area contributed by atoms with Gasteiger partial charge in [0.2, 0.25) is 0 Å². The van der Waals surface area contributed by atoms with Gasteiger partial charge in [0, 0.05) is 6.42 Å². The van der Waals surface area contributed by atoms with Crippen molar-refractivity contribution in [3.05, 3.63) is 34.9 Å². The lowest BCUT2D eigenvalue weighted by atomic mass is 9.69. The average molecular weight is 230 g/mol. The lowest BCUT2D eigenvalue weighted by molar-refractivity contribution is -0.138. The van der Waals surface area contributed by atoms with Gasteiger partial charge in [-0.05, 0) is 60.6 Å². The molecule has 0 aliphatic heterocycles. The van der Waals surface area contributed by atoms with Gasteiger partial charge in [0.15, 0.2) is 0 Å². The summed E-state index contributed by atoms with van der Waals surface area (Å²) >= 11 is 0. The standard InChI is InChI=1S/C15H18O2/c16-14(17)9-10-7-12-5-1-3-11-4-2-6-13(8-10)15(11)12/h1,3,5,10,13H,2,4,6-9H2,(H,16,17)/t10-,13+/m1/s1. The Hall–Kier alpha value is -1.31. The van der Waals surface area contributed by atoms with E-state index in [2.05, 4.69) is 18.2 Å². The Kier molecular flexibility index (Phi) is 2.65. The fourth-order valence-electron chi connectivity index (χ4n) is 3.70. The number of carbonyl (C=O) groups is 1. The summed E-state index contributed by atoms with van der Waals surface area (Å²) < 4.78 is 0. The number of aliphatic carboxylic acids is 1.